The summed E-state index contributed by atoms with van der Waals surface area (Å²) in [6.07, 6.45) is 22.0. The molecule has 0 radical (unpaired) electrons. The van der Waals surface area contributed by atoms with Gasteiger partial charge in [-0.3, -0.25) is 9.59 Å². The first-order chi connectivity index (χ1) is 15.1. The van der Waals surface area contributed by atoms with Gasteiger partial charge in [0.15, 0.2) is 0 Å². The zero-order chi connectivity index (χ0) is 23.0. The van der Waals surface area contributed by atoms with Gasteiger partial charge in [-0.05, 0) is 19.4 Å². The van der Waals surface area contributed by atoms with E-state index < -0.39 is 18.0 Å². The molecular weight excluding hydrogens is 390 g/mol. The van der Waals surface area contributed by atoms with Gasteiger partial charge in [0.05, 0.1) is 13.0 Å². The van der Waals surface area contributed by atoms with Crippen LogP contribution in [-0.2, 0) is 14.3 Å². The largest absolute Gasteiger partial charge is 0.480 e. The highest BCUT2D eigenvalue weighted by Crippen LogP contribution is 2.11. The summed E-state index contributed by atoms with van der Waals surface area (Å²) in [5.74, 6) is -1.39. The molecule has 2 N–H and O–H groups in total. The van der Waals surface area contributed by atoms with Gasteiger partial charge in [0.25, 0.3) is 0 Å². The van der Waals surface area contributed by atoms with Crippen LogP contribution >= 0.6 is 0 Å². The molecule has 1 atom stereocenters. The van der Waals surface area contributed by atoms with Gasteiger partial charge < -0.3 is 15.2 Å². The third-order valence-electron chi connectivity index (χ3n) is 5.85. The summed E-state index contributed by atoms with van der Waals surface area (Å²) in [6.45, 7) is 5.49. The van der Waals surface area contributed by atoms with E-state index in [2.05, 4.69) is 19.2 Å². The van der Waals surface area contributed by atoms with E-state index in [0.717, 1.165) is 25.7 Å². The van der Waals surface area contributed by atoms with Crippen molar-refractivity contribution in [2.75, 3.05) is 13.2 Å². The molecule has 31 heavy (non-hydrogen) atoms. The fourth-order valence-corrected chi connectivity index (χ4v) is 3.78. The third-order valence-corrected chi connectivity index (χ3v) is 5.85. The predicted molar refractivity (Wildman–Crippen MR) is 129 cm³/mol. The Morgan fingerprint density at radius 3 is 1.55 bits per heavy atom. The van der Waals surface area contributed by atoms with Crippen LogP contribution in [0.2, 0.25) is 0 Å². The van der Waals surface area contributed by atoms with Gasteiger partial charge >= 0.3 is 11.9 Å². The van der Waals surface area contributed by atoms with E-state index in [1.165, 1.54) is 89.9 Å². The predicted octanol–water partition coefficient (Wildman–Crippen LogP) is 7.02. The minimum absolute atomic E-state index is 0.0934. The van der Waals surface area contributed by atoms with Crippen molar-refractivity contribution >= 4 is 11.9 Å². The lowest BCUT2D eigenvalue weighted by molar-refractivity contribution is -0.149. The Morgan fingerprint density at radius 1 is 0.677 bits per heavy atom. The van der Waals surface area contributed by atoms with E-state index in [1.807, 2.05) is 0 Å². The molecule has 0 aliphatic rings. The first kappa shape index (κ1) is 29.9. The molecule has 5 heteroatoms. The van der Waals surface area contributed by atoms with Crippen LogP contribution in [0, 0.1) is 0 Å². The minimum atomic E-state index is -0.977. The second kappa shape index (κ2) is 23.6. The molecule has 0 bridgehead atoms. The van der Waals surface area contributed by atoms with E-state index in [0.29, 0.717) is 13.2 Å². The van der Waals surface area contributed by atoms with Gasteiger partial charge in [0.1, 0.15) is 6.04 Å². The second-order valence-corrected chi connectivity index (χ2v) is 8.93. The monoisotopic (exact) mass is 441 g/mol. The fourth-order valence-electron chi connectivity index (χ4n) is 3.78. The molecule has 1 unspecified atom stereocenters. The number of ether oxygens (including phenoxy) is 1. The van der Waals surface area contributed by atoms with Crippen LogP contribution in [0.4, 0.5) is 0 Å². The van der Waals surface area contributed by atoms with E-state index >= 15 is 0 Å². The zero-order valence-corrected chi connectivity index (χ0v) is 20.6. The molecule has 0 aromatic carbocycles. The number of carboxylic acids is 1. The fraction of sp³-hybridized carbons (Fsp3) is 0.923. The number of rotatable bonds is 24. The topological polar surface area (TPSA) is 75.6 Å². The Hall–Kier alpha value is -1.10. The van der Waals surface area contributed by atoms with Crippen molar-refractivity contribution in [3.8, 4) is 0 Å². The van der Waals surface area contributed by atoms with Crippen molar-refractivity contribution in [3.05, 3.63) is 0 Å². The van der Waals surface area contributed by atoms with Gasteiger partial charge in [-0.2, -0.15) is 0 Å². The smallest absolute Gasteiger partial charge is 0.321 e. The van der Waals surface area contributed by atoms with Crippen LogP contribution in [0.15, 0.2) is 0 Å². The van der Waals surface area contributed by atoms with Crippen LogP contribution in [0.1, 0.15) is 136 Å². The summed E-state index contributed by atoms with van der Waals surface area (Å²) in [5, 5.41) is 12.3. The maximum Gasteiger partial charge on any atom is 0.321 e. The summed E-state index contributed by atoms with van der Waals surface area (Å²) < 4.78 is 5.25. The van der Waals surface area contributed by atoms with Crippen LogP contribution in [0.3, 0.4) is 0 Å². The first-order valence-electron chi connectivity index (χ1n) is 13.2. The normalized spacial score (nSPS) is 12.1. The maximum atomic E-state index is 12.0. The summed E-state index contributed by atoms with van der Waals surface area (Å²) in [7, 11) is 0. The molecule has 0 aromatic rings. The third kappa shape index (κ3) is 21.9. The minimum Gasteiger partial charge on any atom is -0.480 e. The Bertz CT molecular complexity index is 414. The lowest BCUT2D eigenvalue weighted by Crippen LogP contribution is -2.39. The van der Waals surface area contributed by atoms with E-state index in [1.54, 1.807) is 0 Å². The second-order valence-electron chi connectivity index (χ2n) is 8.93. The number of esters is 1. The molecule has 0 heterocycles. The zero-order valence-electron chi connectivity index (χ0n) is 20.6. The molecule has 0 rings (SSSR count). The van der Waals surface area contributed by atoms with Crippen LogP contribution < -0.4 is 5.32 Å². The average molecular weight is 442 g/mol. The van der Waals surface area contributed by atoms with Gasteiger partial charge in [0, 0.05) is 0 Å². The Labute approximate surface area is 192 Å². The van der Waals surface area contributed by atoms with Crippen molar-refractivity contribution in [3.63, 3.8) is 0 Å². The Balaban J connectivity index is 3.59. The Morgan fingerprint density at radius 2 is 1.10 bits per heavy atom. The first-order valence-corrected chi connectivity index (χ1v) is 13.2. The van der Waals surface area contributed by atoms with Gasteiger partial charge in [-0.15, -0.1) is 0 Å². The van der Waals surface area contributed by atoms with Crippen molar-refractivity contribution in [1.29, 1.82) is 0 Å². The van der Waals surface area contributed by atoms with Crippen LogP contribution in [-0.4, -0.2) is 36.2 Å². The number of nitrogens with one attached hydrogen (secondary N) is 1. The Kier molecular flexibility index (Phi) is 22.7. The van der Waals surface area contributed by atoms with E-state index in [9.17, 15) is 14.7 Å². The summed E-state index contributed by atoms with van der Waals surface area (Å²) >= 11 is 0. The highest BCUT2D eigenvalue weighted by molar-refractivity contribution is 5.81. The molecule has 0 saturated carbocycles. The molecule has 0 aliphatic carbocycles. The van der Waals surface area contributed by atoms with Gasteiger partial charge in [-0.1, -0.05) is 117 Å². The van der Waals surface area contributed by atoms with Crippen molar-refractivity contribution in [1.82, 2.24) is 5.32 Å². The molecular formula is C26H51NO4. The molecule has 0 spiro atoms. The van der Waals surface area contributed by atoms with Crippen molar-refractivity contribution in [2.24, 2.45) is 0 Å². The van der Waals surface area contributed by atoms with E-state index in [4.69, 9.17) is 4.74 Å². The highest BCUT2D eigenvalue weighted by Gasteiger charge is 2.21. The number of aliphatic carboxylic acids is 1. The van der Waals surface area contributed by atoms with E-state index in [-0.39, 0.29) is 6.42 Å². The SMILES string of the molecule is CCCCCCCCCCCCCOC(=O)CC(NCCCCCCCCC)C(=O)O. The number of carboxylic acid groups (broad SMARTS) is 1. The molecule has 5 nitrogen and oxygen atoms in total. The van der Waals surface area contributed by atoms with Crippen molar-refractivity contribution in [2.45, 2.75) is 142 Å². The van der Waals surface area contributed by atoms with Gasteiger partial charge in [-0.25, -0.2) is 0 Å². The number of carbonyl (C=O) groups excluding carboxylic acids is 1. The molecule has 0 amide bonds. The number of hydrogen-bond acceptors (Lipinski definition) is 4. The summed E-state index contributed by atoms with van der Waals surface area (Å²) in [6, 6.07) is -0.843. The molecule has 0 aliphatic heterocycles. The maximum absolute atomic E-state index is 12.0. The number of hydrogen-bond donors (Lipinski definition) is 2. The number of unbranched alkanes of at least 4 members (excludes halogenated alkanes) is 16. The average Bonchev–Trinajstić information content (AvgIpc) is 2.75. The van der Waals surface area contributed by atoms with Crippen LogP contribution in [0.25, 0.3) is 0 Å². The van der Waals surface area contributed by atoms with Crippen molar-refractivity contribution < 1.29 is 19.4 Å². The lowest BCUT2D eigenvalue weighted by Gasteiger charge is -2.14. The number of carbonyl (C=O) groups is 2. The lowest BCUT2D eigenvalue weighted by atomic mass is 10.1. The standard InChI is InChI=1S/C26H51NO4/c1-3-5-7-9-11-12-13-14-16-18-20-22-31-25(28)23-24(26(29)30)27-21-19-17-15-10-8-6-4-2/h24,27H,3-23H2,1-2H3,(H,29,30). The summed E-state index contributed by atoms with van der Waals surface area (Å²) in [5.41, 5.74) is 0. The quantitative estimate of drug-likeness (QED) is 0.124. The molecule has 0 saturated heterocycles. The highest BCUT2D eigenvalue weighted by atomic mass is 16.5. The van der Waals surface area contributed by atoms with Gasteiger partial charge in [0.2, 0.25) is 0 Å². The molecule has 0 fully saturated rings. The van der Waals surface area contributed by atoms with Crippen LogP contribution in [0.5, 0.6) is 0 Å². The molecule has 184 valence electrons. The summed E-state index contributed by atoms with van der Waals surface area (Å²) in [4.78, 5) is 23.3. The molecule has 0 aromatic heterocycles.